The smallest absolute Gasteiger partial charge is 0.223 e. The Kier molecular flexibility index (Phi) is 5.09. The molecule has 94 valence electrons. The molecule has 2 unspecified atom stereocenters. The minimum Gasteiger partial charge on any atom is -0.331 e. The van der Waals surface area contributed by atoms with Crippen LogP contribution in [0.4, 0.5) is 0 Å². The topological polar surface area (TPSA) is 49.8 Å². The summed E-state index contributed by atoms with van der Waals surface area (Å²) < 4.78 is 17.4. The van der Waals surface area contributed by atoms with Gasteiger partial charge < -0.3 is 9.73 Å². The van der Waals surface area contributed by atoms with Gasteiger partial charge in [-0.25, -0.2) is 0 Å². The van der Waals surface area contributed by atoms with E-state index in [-0.39, 0.29) is 6.54 Å². The molecule has 0 aliphatic carbocycles. The Bertz CT molecular complexity index is 407. The number of hydroxylamine groups is 2. The average Bonchev–Trinajstić information content (AvgIpc) is 2.30. The third kappa shape index (κ3) is 3.51. The summed E-state index contributed by atoms with van der Waals surface area (Å²) in [5.41, 5.74) is 0.754. The fourth-order valence-corrected chi connectivity index (χ4v) is 3.13. The first kappa shape index (κ1) is 14.1. The molecule has 0 fully saturated rings. The highest BCUT2D eigenvalue weighted by molar-refractivity contribution is 7.58. The van der Waals surface area contributed by atoms with E-state index in [1.165, 1.54) is 13.8 Å². The van der Waals surface area contributed by atoms with Crippen LogP contribution in [0.25, 0.3) is 0 Å². The number of rotatable bonds is 6. The standard InChI is InChI=1S/C12H18NO3P/c1-4-10-13(14)12(17(3,15)16-2)11-8-6-5-7-9-11/h4-9,12,14H,1,10H2,2-3H3. The summed E-state index contributed by atoms with van der Waals surface area (Å²) in [5.74, 6) is -0.674. The molecule has 0 saturated heterocycles. The molecule has 1 aromatic carbocycles. The molecule has 0 saturated carbocycles. The van der Waals surface area contributed by atoms with Crippen LogP contribution < -0.4 is 0 Å². The number of benzene rings is 1. The molecule has 4 nitrogen and oxygen atoms in total. The van der Waals surface area contributed by atoms with Crippen LogP contribution in [0.1, 0.15) is 11.3 Å². The average molecular weight is 255 g/mol. The summed E-state index contributed by atoms with van der Waals surface area (Å²) in [4.78, 5) is 0. The van der Waals surface area contributed by atoms with E-state index in [1.807, 2.05) is 30.3 Å². The Hall–Kier alpha value is -0.930. The van der Waals surface area contributed by atoms with Crippen molar-refractivity contribution >= 4 is 7.37 Å². The van der Waals surface area contributed by atoms with Gasteiger partial charge in [-0.1, -0.05) is 36.4 Å². The Labute approximate surface area is 102 Å². The Morgan fingerprint density at radius 1 is 1.53 bits per heavy atom. The Balaban J connectivity index is 3.11. The highest BCUT2D eigenvalue weighted by Gasteiger charge is 2.34. The maximum absolute atomic E-state index is 12.3. The first-order valence-corrected chi connectivity index (χ1v) is 7.41. The minimum absolute atomic E-state index is 0.223. The predicted octanol–water partition coefficient (Wildman–Crippen LogP) is 3.12. The fraction of sp³-hybridized carbons (Fsp3) is 0.333. The summed E-state index contributed by atoms with van der Waals surface area (Å²) in [6.07, 6.45) is 1.55. The molecule has 2 atom stereocenters. The van der Waals surface area contributed by atoms with E-state index in [4.69, 9.17) is 4.52 Å². The quantitative estimate of drug-likeness (QED) is 0.482. The largest absolute Gasteiger partial charge is 0.331 e. The maximum atomic E-state index is 12.3. The van der Waals surface area contributed by atoms with E-state index in [0.717, 1.165) is 10.6 Å². The summed E-state index contributed by atoms with van der Waals surface area (Å²) in [6.45, 7) is 5.29. The molecular formula is C12H18NO3P. The predicted molar refractivity (Wildman–Crippen MR) is 68.4 cm³/mol. The zero-order valence-corrected chi connectivity index (χ0v) is 11.0. The number of hydrogen-bond acceptors (Lipinski definition) is 4. The van der Waals surface area contributed by atoms with E-state index in [0.29, 0.717) is 0 Å². The van der Waals surface area contributed by atoms with Crippen molar-refractivity contribution in [1.82, 2.24) is 5.06 Å². The first-order chi connectivity index (χ1) is 8.03. The summed E-state index contributed by atoms with van der Waals surface area (Å²) in [6, 6.07) is 9.15. The maximum Gasteiger partial charge on any atom is 0.223 e. The minimum atomic E-state index is -2.96. The third-order valence-corrected chi connectivity index (χ3v) is 4.68. The van der Waals surface area contributed by atoms with Crippen LogP contribution in [-0.4, -0.2) is 30.6 Å². The van der Waals surface area contributed by atoms with Crippen molar-refractivity contribution in [3.63, 3.8) is 0 Å². The highest BCUT2D eigenvalue weighted by Crippen LogP contribution is 2.57. The van der Waals surface area contributed by atoms with Gasteiger partial charge >= 0.3 is 0 Å². The van der Waals surface area contributed by atoms with Crippen LogP contribution in [0, 0.1) is 0 Å². The van der Waals surface area contributed by atoms with E-state index < -0.39 is 13.2 Å². The van der Waals surface area contributed by atoms with Crippen molar-refractivity contribution in [2.75, 3.05) is 20.3 Å². The van der Waals surface area contributed by atoms with Crippen LogP contribution in [0.2, 0.25) is 0 Å². The van der Waals surface area contributed by atoms with Crippen LogP contribution >= 0.6 is 7.37 Å². The molecule has 0 aromatic heterocycles. The van der Waals surface area contributed by atoms with Crippen LogP contribution in [-0.2, 0) is 9.09 Å². The lowest BCUT2D eigenvalue weighted by molar-refractivity contribution is -0.0975. The Morgan fingerprint density at radius 3 is 2.59 bits per heavy atom. The van der Waals surface area contributed by atoms with Gasteiger partial charge in [-0.2, -0.15) is 5.06 Å². The molecule has 0 aliphatic heterocycles. The van der Waals surface area contributed by atoms with Gasteiger partial charge in [0, 0.05) is 20.3 Å². The van der Waals surface area contributed by atoms with E-state index in [1.54, 1.807) is 6.08 Å². The van der Waals surface area contributed by atoms with E-state index in [2.05, 4.69) is 6.58 Å². The van der Waals surface area contributed by atoms with Gasteiger partial charge in [0.1, 0.15) is 5.78 Å². The van der Waals surface area contributed by atoms with Crippen LogP contribution in [0.5, 0.6) is 0 Å². The molecule has 1 rings (SSSR count). The van der Waals surface area contributed by atoms with Gasteiger partial charge in [-0.05, 0) is 5.56 Å². The van der Waals surface area contributed by atoms with Crippen LogP contribution in [0.15, 0.2) is 43.0 Å². The second kappa shape index (κ2) is 6.12. The van der Waals surface area contributed by atoms with Crippen LogP contribution in [0.3, 0.4) is 0 Å². The van der Waals surface area contributed by atoms with Crippen molar-refractivity contribution in [2.45, 2.75) is 5.78 Å². The molecule has 1 aromatic rings. The molecule has 0 bridgehead atoms. The Morgan fingerprint density at radius 2 is 2.12 bits per heavy atom. The molecule has 0 heterocycles. The number of nitrogens with zero attached hydrogens (tertiary/aromatic N) is 1. The van der Waals surface area contributed by atoms with E-state index in [9.17, 15) is 9.77 Å². The molecule has 0 radical (unpaired) electrons. The van der Waals surface area contributed by atoms with E-state index >= 15 is 0 Å². The summed E-state index contributed by atoms with van der Waals surface area (Å²) in [7, 11) is -1.58. The lowest BCUT2D eigenvalue weighted by Crippen LogP contribution is -2.25. The van der Waals surface area contributed by atoms with Crippen molar-refractivity contribution in [2.24, 2.45) is 0 Å². The lowest BCUT2D eigenvalue weighted by atomic mass is 10.2. The fourth-order valence-electron chi connectivity index (χ4n) is 1.64. The summed E-state index contributed by atoms with van der Waals surface area (Å²) >= 11 is 0. The highest BCUT2D eigenvalue weighted by atomic mass is 31.2. The second-order valence-corrected chi connectivity index (χ2v) is 6.46. The van der Waals surface area contributed by atoms with Gasteiger partial charge in [0.2, 0.25) is 7.37 Å². The normalized spacial score (nSPS) is 16.5. The van der Waals surface area contributed by atoms with Gasteiger partial charge in [-0.15, -0.1) is 6.58 Å². The van der Waals surface area contributed by atoms with Gasteiger partial charge in [0.25, 0.3) is 0 Å². The summed E-state index contributed by atoms with van der Waals surface area (Å²) in [5, 5.41) is 10.9. The second-order valence-electron chi connectivity index (χ2n) is 3.79. The molecule has 1 N–H and O–H groups in total. The molecule has 17 heavy (non-hydrogen) atoms. The van der Waals surface area contributed by atoms with Crippen molar-refractivity contribution in [1.29, 1.82) is 0 Å². The number of hydrogen-bond donors (Lipinski definition) is 1. The lowest BCUT2D eigenvalue weighted by Gasteiger charge is -2.29. The van der Waals surface area contributed by atoms with Crippen molar-refractivity contribution in [3.8, 4) is 0 Å². The molecule has 0 amide bonds. The van der Waals surface area contributed by atoms with Gasteiger partial charge in [0.15, 0.2) is 0 Å². The first-order valence-electron chi connectivity index (χ1n) is 5.27. The van der Waals surface area contributed by atoms with Gasteiger partial charge in [0.05, 0.1) is 0 Å². The van der Waals surface area contributed by atoms with Gasteiger partial charge in [-0.3, -0.25) is 4.57 Å². The molecular weight excluding hydrogens is 237 g/mol. The zero-order chi connectivity index (χ0) is 12.9. The molecule has 5 heteroatoms. The SMILES string of the molecule is C=CCN(O)C(c1ccccc1)P(C)(=O)OC. The monoisotopic (exact) mass is 255 g/mol. The molecule has 0 aliphatic rings. The van der Waals surface area contributed by atoms with Crippen molar-refractivity contribution in [3.05, 3.63) is 48.6 Å². The third-order valence-electron chi connectivity index (χ3n) is 2.50. The van der Waals surface area contributed by atoms with Crippen molar-refractivity contribution < 1.29 is 14.3 Å². The zero-order valence-electron chi connectivity index (χ0n) is 10.1. The molecule has 0 spiro atoms.